The van der Waals surface area contributed by atoms with Crippen molar-refractivity contribution in [2.45, 2.75) is 26.8 Å². The van der Waals surface area contributed by atoms with Gasteiger partial charge in [-0.05, 0) is 67.4 Å². The van der Waals surface area contributed by atoms with Crippen LogP contribution in [-0.4, -0.2) is 59.3 Å². The second-order valence-electron chi connectivity index (χ2n) is 7.33. The maximum Gasteiger partial charge on any atom is 0.173 e. The highest BCUT2D eigenvalue weighted by Gasteiger charge is 2.14. The molecule has 0 radical (unpaired) electrons. The number of hydrogen-bond donors (Lipinski definition) is 1. The molecule has 1 aliphatic rings. The molecular formula is C22H30N4OS. The molecule has 1 aromatic carbocycles. The van der Waals surface area contributed by atoms with Crippen molar-refractivity contribution in [3.05, 3.63) is 59.4 Å². The molecule has 5 nitrogen and oxygen atoms in total. The van der Waals surface area contributed by atoms with Crippen molar-refractivity contribution < 1.29 is 4.74 Å². The molecule has 0 aliphatic carbocycles. The van der Waals surface area contributed by atoms with Crippen LogP contribution in [0.2, 0.25) is 0 Å². The number of nitrogens with one attached hydrogen (secondary N) is 1. The Labute approximate surface area is 173 Å². The van der Waals surface area contributed by atoms with E-state index in [1.807, 2.05) is 12.4 Å². The molecule has 0 spiro atoms. The smallest absolute Gasteiger partial charge is 0.173 e. The monoisotopic (exact) mass is 398 g/mol. The van der Waals surface area contributed by atoms with Crippen LogP contribution in [0.3, 0.4) is 0 Å². The highest BCUT2D eigenvalue weighted by Crippen LogP contribution is 2.18. The van der Waals surface area contributed by atoms with Gasteiger partial charge in [-0.25, -0.2) is 0 Å². The minimum Gasteiger partial charge on any atom is -0.379 e. The van der Waals surface area contributed by atoms with Gasteiger partial charge in [-0.15, -0.1) is 0 Å². The summed E-state index contributed by atoms with van der Waals surface area (Å²) in [5.41, 5.74) is 4.72. The Kier molecular flexibility index (Phi) is 7.77. The third kappa shape index (κ3) is 6.26. The van der Waals surface area contributed by atoms with Crippen molar-refractivity contribution in [1.82, 2.24) is 14.8 Å². The first-order valence-electron chi connectivity index (χ1n) is 9.94. The fourth-order valence-corrected chi connectivity index (χ4v) is 3.60. The largest absolute Gasteiger partial charge is 0.379 e. The van der Waals surface area contributed by atoms with E-state index in [9.17, 15) is 0 Å². The standard InChI is InChI=1S/C22H30N4OS/c1-18-4-5-19(2)21(16-18)24-22(28)26(17-20-6-8-23-9-7-20)11-3-10-25-12-14-27-15-13-25/h4-9,16H,3,10-15,17H2,1-2H3,(H,24,28). The summed E-state index contributed by atoms with van der Waals surface area (Å²) in [5.74, 6) is 0. The zero-order valence-electron chi connectivity index (χ0n) is 16.9. The first-order chi connectivity index (χ1) is 13.6. The first kappa shape index (κ1) is 20.7. The van der Waals surface area contributed by atoms with Gasteiger partial charge in [0.15, 0.2) is 5.11 Å². The van der Waals surface area contributed by atoms with Gasteiger partial charge in [0.1, 0.15) is 0 Å². The fourth-order valence-electron chi connectivity index (χ4n) is 3.34. The molecule has 0 atom stereocenters. The highest BCUT2D eigenvalue weighted by molar-refractivity contribution is 7.80. The van der Waals surface area contributed by atoms with Crippen molar-refractivity contribution in [2.75, 3.05) is 44.7 Å². The summed E-state index contributed by atoms with van der Waals surface area (Å²) in [6.07, 6.45) is 4.74. The Morgan fingerprint density at radius 1 is 1.18 bits per heavy atom. The van der Waals surface area contributed by atoms with E-state index in [-0.39, 0.29) is 0 Å². The number of pyridine rings is 1. The van der Waals surface area contributed by atoms with E-state index in [2.05, 4.69) is 64.3 Å². The molecule has 1 aliphatic heterocycles. The predicted molar refractivity (Wildman–Crippen MR) is 119 cm³/mol. The minimum absolute atomic E-state index is 0.771. The van der Waals surface area contributed by atoms with Crippen LogP contribution in [0.15, 0.2) is 42.7 Å². The average Bonchev–Trinajstić information content (AvgIpc) is 2.71. The van der Waals surface area contributed by atoms with Gasteiger partial charge in [0.25, 0.3) is 0 Å². The molecule has 3 rings (SSSR count). The van der Waals surface area contributed by atoms with Crippen LogP contribution >= 0.6 is 12.2 Å². The maximum absolute atomic E-state index is 5.79. The van der Waals surface area contributed by atoms with E-state index in [4.69, 9.17) is 17.0 Å². The van der Waals surface area contributed by atoms with Gasteiger partial charge in [-0.2, -0.15) is 0 Å². The minimum atomic E-state index is 0.771. The maximum atomic E-state index is 5.79. The van der Waals surface area contributed by atoms with E-state index in [0.29, 0.717) is 0 Å². The zero-order valence-corrected chi connectivity index (χ0v) is 17.7. The highest BCUT2D eigenvalue weighted by atomic mass is 32.1. The summed E-state index contributed by atoms with van der Waals surface area (Å²) in [7, 11) is 0. The van der Waals surface area contributed by atoms with Crippen molar-refractivity contribution >= 4 is 23.0 Å². The van der Waals surface area contributed by atoms with Gasteiger partial charge in [-0.3, -0.25) is 9.88 Å². The normalized spacial score (nSPS) is 14.6. The molecule has 2 heterocycles. The number of thiocarbonyl (C=S) groups is 1. The summed E-state index contributed by atoms with van der Waals surface area (Å²) in [4.78, 5) is 8.85. The lowest BCUT2D eigenvalue weighted by Crippen LogP contribution is -2.40. The molecule has 0 saturated carbocycles. The van der Waals surface area contributed by atoms with E-state index in [0.717, 1.165) is 63.2 Å². The number of hydrogen-bond acceptors (Lipinski definition) is 4. The van der Waals surface area contributed by atoms with Crippen LogP contribution in [0, 0.1) is 13.8 Å². The summed E-state index contributed by atoms with van der Waals surface area (Å²) < 4.78 is 5.44. The average molecular weight is 399 g/mol. The lowest BCUT2D eigenvalue weighted by atomic mass is 10.1. The molecule has 1 aromatic heterocycles. The number of anilines is 1. The van der Waals surface area contributed by atoms with Crippen molar-refractivity contribution in [2.24, 2.45) is 0 Å². The van der Waals surface area contributed by atoms with Gasteiger partial charge in [0, 0.05) is 50.8 Å². The van der Waals surface area contributed by atoms with E-state index in [1.165, 1.54) is 16.7 Å². The zero-order chi connectivity index (χ0) is 19.8. The van der Waals surface area contributed by atoms with Crippen LogP contribution in [0.1, 0.15) is 23.1 Å². The van der Waals surface area contributed by atoms with Gasteiger partial charge in [0.2, 0.25) is 0 Å². The van der Waals surface area contributed by atoms with Crippen LogP contribution in [0.25, 0.3) is 0 Å². The molecular weight excluding hydrogens is 368 g/mol. The van der Waals surface area contributed by atoms with Crippen LogP contribution < -0.4 is 5.32 Å². The SMILES string of the molecule is Cc1ccc(C)c(NC(=S)N(CCCN2CCOCC2)Cc2ccncc2)c1. The summed E-state index contributed by atoms with van der Waals surface area (Å²) in [6, 6.07) is 10.5. The number of aromatic nitrogens is 1. The molecule has 150 valence electrons. The third-order valence-electron chi connectivity index (χ3n) is 5.05. The molecule has 0 amide bonds. The van der Waals surface area contributed by atoms with Crippen LogP contribution in [0.5, 0.6) is 0 Å². The molecule has 28 heavy (non-hydrogen) atoms. The number of nitrogens with zero attached hydrogens (tertiary/aromatic N) is 3. The number of rotatable bonds is 7. The topological polar surface area (TPSA) is 40.6 Å². The quantitative estimate of drug-likeness (QED) is 0.719. The van der Waals surface area contributed by atoms with Crippen molar-refractivity contribution in [3.63, 3.8) is 0 Å². The number of morpholine rings is 1. The Hall–Kier alpha value is -2.02. The second kappa shape index (κ2) is 10.5. The molecule has 0 unspecified atom stereocenters. The Balaban J connectivity index is 1.63. The Morgan fingerprint density at radius 3 is 2.68 bits per heavy atom. The molecule has 0 bridgehead atoms. The van der Waals surface area contributed by atoms with Crippen molar-refractivity contribution in [3.8, 4) is 0 Å². The third-order valence-corrected chi connectivity index (χ3v) is 5.41. The Morgan fingerprint density at radius 2 is 1.93 bits per heavy atom. The molecule has 6 heteroatoms. The molecule has 1 fully saturated rings. The van der Waals surface area contributed by atoms with Crippen molar-refractivity contribution in [1.29, 1.82) is 0 Å². The van der Waals surface area contributed by atoms with E-state index >= 15 is 0 Å². The lowest BCUT2D eigenvalue weighted by Gasteiger charge is -2.30. The number of ether oxygens (including phenoxy) is 1. The predicted octanol–water partition coefficient (Wildman–Crippen LogP) is 3.62. The second-order valence-corrected chi connectivity index (χ2v) is 7.72. The lowest BCUT2D eigenvalue weighted by molar-refractivity contribution is 0.0368. The van der Waals surface area contributed by atoms with Gasteiger partial charge < -0.3 is 15.0 Å². The van der Waals surface area contributed by atoms with Gasteiger partial charge in [0.05, 0.1) is 13.2 Å². The molecule has 1 N–H and O–H groups in total. The summed E-state index contributed by atoms with van der Waals surface area (Å²) in [5, 5.41) is 4.24. The molecule has 1 saturated heterocycles. The Bertz CT molecular complexity index is 762. The van der Waals surface area contributed by atoms with E-state index < -0.39 is 0 Å². The van der Waals surface area contributed by atoms with Crippen LogP contribution in [0.4, 0.5) is 5.69 Å². The van der Waals surface area contributed by atoms with Gasteiger partial charge in [-0.1, -0.05) is 12.1 Å². The fraction of sp³-hybridized carbons (Fsp3) is 0.455. The van der Waals surface area contributed by atoms with Crippen LogP contribution in [-0.2, 0) is 11.3 Å². The number of aryl methyl sites for hydroxylation is 2. The summed E-state index contributed by atoms with van der Waals surface area (Å²) in [6.45, 7) is 10.7. The van der Waals surface area contributed by atoms with E-state index in [1.54, 1.807) is 0 Å². The summed E-state index contributed by atoms with van der Waals surface area (Å²) >= 11 is 5.79. The van der Waals surface area contributed by atoms with Gasteiger partial charge >= 0.3 is 0 Å². The molecule has 2 aromatic rings. The first-order valence-corrected chi connectivity index (χ1v) is 10.3. The number of benzene rings is 1.